The molecule has 0 radical (unpaired) electrons. The molecule has 5 rings (SSSR count). The zero-order valence-electron chi connectivity index (χ0n) is 15.7. The number of non-ortho nitro benzene ring substituents is 1. The third kappa shape index (κ3) is 2.52. The van der Waals surface area contributed by atoms with E-state index in [4.69, 9.17) is 0 Å². The third-order valence-corrected chi connectivity index (χ3v) is 5.85. The lowest BCUT2D eigenvalue weighted by atomic mass is 9.86. The average molecular weight is 390 g/mol. The molecule has 1 fully saturated rings. The molecule has 0 aliphatic carbocycles. The number of amides is 2. The molecule has 1 N–H and O–H groups in total. The number of likely N-dealkylation sites (N-methyl/N-ethyl adjacent to an activating group) is 1. The number of carbonyl (C=O) groups is 2. The van der Waals surface area contributed by atoms with Gasteiger partial charge in [-0.1, -0.05) is 30.3 Å². The molecule has 8 heteroatoms. The van der Waals surface area contributed by atoms with E-state index in [1.807, 2.05) is 24.3 Å². The van der Waals surface area contributed by atoms with Crippen LogP contribution in [0.5, 0.6) is 0 Å². The van der Waals surface area contributed by atoms with Crippen LogP contribution in [0.25, 0.3) is 10.9 Å². The number of rotatable bonds is 2. The van der Waals surface area contributed by atoms with Gasteiger partial charge in [0, 0.05) is 42.2 Å². The van der Waals surface area contributed by atoms with Gasteiger partial charge in [0.05, 0.1) is 17.5 Å². The lowest BCUT2D eigenvalue weighted by Gasteiger charge is -2.46. The van der Waals surface area contributed by atoms with Gasteiger partial charge in [-0.2, -0.15) is 0 Å². The highest BCUT2D eigenvalue weighted by Crippen LogP contribution is 2.42. The van der Waals surface area contributed by atoms with Crippen LogP contribution in [0.15, 0.2) is 48.5 Å². The van der Waals surface area contributed by atoms with Gasteiger partial charge in [0.2, 0.25) is 11.8 Å². The van der Waals surface area contributed by atoms with Gasteiger partial charge in [-0.05, 0) is 17.2 Å². The van der Waals surface area contributed by atoms with Crippen LogP contribution in [-0.2, 0) is 16.0 Å². The van der Waals surface area contributed by atoms with E-state index in [9.17, 15) is 19.7 Å². The molecule has 1 saturated heterocycles. The number of piperazine rings is 1. The number of hydrogen-bond acceptors (Lipinski definition) is 4. The maximum atomic E-state index is 13.0. The number of benzene rings is 2. The number of H-pyrrole nitrogens is 1. The monoisotopic (exact) mass is 390 g/mol. The van der Waals surface area contributed by atoms with Gasteiger partial charge < -0.3 is 14.8 Å². The summed E-state index contributed by atoms with van der Waals surface area (Å²) in [6.45, 7) is -0.00365. The van der Waals surface area contributed by atoms with E-state index in [1.54, 1.807) is 24.1 Å². The van der Waals surface area contributed by atoms with Gasteiger partial charge in [-0.3, -0.25) is 19.7 Å². The van der Waals surface area contributed by atoms with Crippen molar-refractivity contribution in [2.75, 3.05) is 13.6 Å². The average Bonchev–Trinajstić information content (AvgIpc) is 3.09. The van der Waals surface area contributed by atoms with E-state index in [-0.39, 0.29) is 24.0 Å². The molecule has 0 bridgehead atoms. The number of nitrogens with one attached hydrogen (secondary N) is 1. The molecule has 0 spiro atoms. The third-order valence-electron chi connectivity index (χ3n) is 5.85. The normalized spacial score (nSPS) is 21.3. The molecular weight excluding hydrogens is 372 g/mol. The fourth-order valence-electron chi connectivity index (χ4n) is 4.56. The number of carbonyl (C=O) groups excluding carboxylic acids is 2. The second-order valence-corrected chi connectivity index (χ2v) is 7.53. The molecular formula is C21H18N4O4. The quantitative estimate of drug-likeness (QED) is 0.536. The number of nitro groups is 1. The minimum absolute atomic E-state index is 0.00365. The van der Waals surface area contributed by atoms with Gasteiger partial charge in [-0.15, -0.1) is 0 Å². The van der Waals surface area contributed by atoms with E-state index >= 15 is 0 Å². The number of aromatic amines is 1. The maximum Gasteiger partial charge on any atom is 0.269 e. The summed E-state index contributed by atoms with van der Waals surface area (Å²) in [5.41, 5.74) is 3.28. The predicted octanol–water partition coefficient (Wildman–Crippen LogP) is 2.39. The summed E-state index contributed by atoms with van der Waals surface area (Å²) in [5, 5.41) is 12.3. The van der Waals surface area contributed by atoms with Crippen molar-refractivity contribution in [3.63, 3.8) is 0 Å². The Labute approximate surface area is 165 Å². The molecule has 2 aliphatic heterocycles. The standard InChI is InChI=1S/C21H18N4O4/c1-23-11-18(26)24-17(21(23)27)10-15-14-7-2-3-8-16(14)22-19(15)20(24)12-5-4-6-13(9-12)25(28)29/h2-9,17,20,22H,10-11H2,1H3/t17-,20-/m1/s1. The van der Waals surface area contributed by atoms with Crippen molar-refractivity contribution in [1.82, 2.24) is 14.8 Å². The van der Waals surface area contributed by atoms with Gasteiger partial charge in [0.25, 0.3) is 5.69 Å². The van der Waals surface area contributed by atoms with E-state index in [1.165, 1.54) is 17.0 Å². The molecule has 2 aromatic carbocycles. The van der Waals surface area contributed by atoms with Crippen molar-refractivity contribution in [1.29, 1.82) is 0 Å². The molecule has 146 valence electrons. The van der Waals surface area contributed by atoms with Crippen molar-refractivity contribution in [3.05, 3.63) is 75.5 Å². The Hall–Kier alpha value is -3.68. The largest absolute Gasteiger partial charge is 0.356 e. The Balaban J connectivity index is 1.76. The summed E-state index contributed by atoms with van der Waals surface area (Å²) in [6, 6.07) is 12.9. The van der Waals surface area contributed by atoms with Crippen LogP contribution in [-0.4, -0.2) is 51.2 Å². The molecule has 2 aliphatic rings. The Morgan fingerprint density at radius 3 is 2.72 bits per heavy atom. The Morgan fingerprint density at radius 1 is 1.14 bits per heavy atom. The van der Waals surface area contributed by atoms with E-state index in [0.717, 1.165) is 22.2 Å². The molecule has 0 unspecified atom stereocenters. The van der Waals surface area contributed by atoms with Gasteiger partial charge in [0.1, 0.15) is 6.04 Å². The molecule has 0 saturated carbocycles. The van der Waals surface area contributed by atoms with Crippen molar-refractivity contribution in [2.45, 2.75) is 18.5 Å². The fourth-order valence-corrected chi connectivity index (χ4v) is 4.56. The van der Waals surface area contributed by atoms with Crippen LogP contribution in [0.2, 0.25) is 0 Å². The lowest BCUT2D eigenvalue weighted by molar-refractivity contribution is -0.384. The number of nitrogens with zero attached hydrogens (tertiary/aromatic N) is 3. The molecule has 3 heterocycles. The maximum absolute atomic E-state index is 13.0. The smallest absolute Gasteiger partial charge is 0.269 e. The van der Waals surface area contributed by atoms with Crippen LogP contribution >= 0.6 is 0 Å². The van der Waals surface area contributed by atoms with Crippen LogP contribution in [0.4, 0.5) is 5.69 Å². The highest BCUT2D eigenvalue weighted by molar-refractivity contribution is 5.97. The van der Waals surface area contributed by atoms with Crippen LogP contribution in [0, 0.1) is 10.1 Å². The number of aromatic nitrogens is 1. The number of nitro benzene ring substituents is 1. The van der Waals surface area contributed by atoms with Crippen LogP contribution in [0.3, 0.4) is 0 Å². The second kappa shape index (κ2) is 6.16. The highest BCUT2D eigenvalue weighted by atomic mass is 16.6. The Kier molecular flexibility index (Phi) is 3.70. The molecule has 29 heavy (non-hydrogen) atoms. The molecule has 2 atom stereocenters. The summed E-state index contributed by atoms with van der Waals surface area (Å²) in [6.07, 6.45) is 0.416. The van der Waals surface area contributed by atoms with Crippen molar-refractivity contribution in [3.8, 4) is 0 Å². The number of hydrogen-bond donors (Lipinski definition) is 1. The summed E-state index contributed by atoms with van der Waals surface area (Å²) in [4.78, 5) is 43.3. The molecule has 8 nitrogen and oxygen atoms in total. The van der Waals surface area contributed by atoms with Crippen LogP contribution < -0.4 is 0 Å². The first-order chi connectivity index (χ1) is 14.0. The highest BCUT2D eigenvalue weighted by Gasteiger charge is 2.47. The summed E-state index contributed by atoms with van der Waals surface area (Å²) < 4.78 is 0. The Bertz CT molecular complexity index is 1180. The van der Waals surface area contributed by atoms with E-state index < -0.39 is 17.0 Å². The number of para-hydroxylation sites is 1. The first-order valence-corrected chi connectivity index (χ1v) is 9.35. The van der Waals surface area contributed by atoms with Crippen molar-refractivity contribution >= 4 is 28.4 Å². The topological polar surface area (TPSA) is 99.5 Å². The van der Waals surface area contributed by atoms with Crippen molar-refractivity contribution in [2.24, 2.45) is 0 Å². The zero-order valence-corrected chi connectivity index (χ0v) is 15.7. The summed E-state index contributed by atoms with van der Waals surface area (Å²) in [5.74, 6) is -0.283. The first kappa shape index (κ1) is 17.4. The minimum Gasteiger partial charge on any atom is -0.356 e. The summed E-state index contributed by atoms with van der Waals surface area (Å²) >= 11 is 0. The van der Waals surface area contributed by atoms with Gasteiger partial charge in [0.15, 0.2) is 0 Å². The molecule has 3 aromatic rings. The SMILES string of the molecule is CN1CC(=O)N2[C@H](c3cccc([N+](=O)[O-])c3)c3[nH]c4ccccc4c3C[C@@H]2C1=O. The first-order valence-electron chi connectivity index (χ1n) is 9.35. The lowest BCUT2D eigenvalue weighted by Crippen LogP contribution is -2.62. The summed E-state index contributed by atoms with van der Waals surface area (Å²) in [7, 11) is 1.63. The van der Waals surface area contributed by atoms with Crippen molar-refractivity contribution < 1.29 is 14.5 Å². The molecule has 2 amide bonds. The Morgan fingerprint density at radius 2 is 1.93 bits per heavy atom. The zero-order chi connectivity index (χ0) is 20.3. The van der Waals surface area contributed by atoms with E-state index in [2.05, 4.69) is 4.98 Å². The van der Waals surface area contributed by atoms with E-state index in [0.29, 0.717) is 12.0 Å². The van der Waals surface area contributed by atoms with Gasteiger partial charge >= 0.3 is 0 Å². The van der Waals surface area contributed by atoms with Crippen LogP contribution in [0.1, 0.15) is 22.9 Å². The second-order valence-electron chi connectivity index (χ2n) is 7.53. The fraction of sp³-hybridized carbons (Fsp3) is 0.238. The number of fused-ring (bicyclic) bond motifs is 4. The van der Waals surface area contributed by atoms with Gasteiger partial charge in [-0.25, -0.2) is 0 Å². The predicted molar refractivity (Wildman–Crippen MR) is 105 cm³/mol. The minimum atomic E-state index is -0.628. The molecule has 1 aromatic heterocycles.